The van der Waals surface area contributed by atoms with Crippen LogP contribution in [0.5, 0.6) is 0 Å². The van der Waals surface area contributed by atoms with Crippen LogP contribution in [0.25, 0.3) is 17.3 Å². The van der Waals surface area contributed by atoms with Gasteiger partial charge in [0.25, 0.3) is 0 Å². The highest BCUT2D eigenvalue weighted by Gasteiger charge is 2.08. The molecule has 0 radical (unpaired) electrons. The highest BCUT2D eigenvalue weighted by molar-refractivity contribution is 7.99. The molecule has 0 unspecified atom stereocenters. The van der Waals surface area contributed by atoms with Crippen LogP contribution in [0.3, 0.4) is 0 Å². The van der Waals surface area contributed by atoms with Crippen molar-refractivity contribution in [2.75, 3.05) is 11.1 Å². The molecule has 8 heteroatoms. The zero-order chi connectivity index (χ0) is 19.2. The van der Waals surface area contributed by atoms with Gasteiger partial charge in [0.2, 0.25) is 11.8 Å². The maximum absolute atomic E-state index is 12.1. The number of thioether (sulfide) groups is 1. The van der Waals surface area contributed by atoms with Crippen molar-refractivity contribution in [3.8, 4) is 17.3 Å². The third kappa shape index (κ3) is 4.47. The van der Waals surface area contributed by atoms with E-state index in [4.69, 9.17) is 4.42 Å². The van der Waals surface area contributed by atoms with Crippen molar-refractivity contribution in [3.05, 3.63) is 79.1 Å². The molecule has 1 aromatic carbocycles. The number of anilines is 1. The van der Waals surface area contributed by atoms with E-state index < -0.39 is 0 Å². The molecule has 0 bridgehead atoms. The van der Waals surface area contributed by atoms with Crippen molar-refractivity contribution in [2.45, 2.75) is 5.75 Å². The predicted octanol–water partition coefficient (Wildman–Crippen LogP) is 3.79. The average molecular weight is 391 g/mol. The van der Waals surface area contributed by atoms with Gasteiger partial charge in [0.15, 0.2) is 5.82 Å². The molecule has 0 saturated carbocycles. The maximum Gasteiger partial charge on any atom is 0.234 e. The number of aromatic nitrogens is 4. The molecule has 3 aromatic heterocycles. The Kier molecular flexibility index (Phi) is 5.48. The summed E-state index contributed by atoms with van der Waals surface area (Å²) in [6.45, 7) is 0. The van der Waals surface area contributed by atoms with E-state index in [1.807, 2.05) is 42.6 Å². The van der Waals surface area contributed by atoms with Crippen molar-refractivity contribution in [3.63, 3.8) is 0 Å². The van der Waals surface area contributed by atoms with Crippen LogP contribution in [0.2, 0.25) is 0 Å². The minimum Gasteiger partial charge on any atom is -0.444 e. The molecule has 0 fully saturated rings. The Morgan fingerprint density at radius 1 is 1.14 bits per heavy atom. The number of nitrogens with one attached hydrogen (secondary N) is 1. The van der Waals surface area contributed by atoms with Gasteiger partial charge in [-0.15, -0.1) is 11.8 Å². The number of pyridine rings is 1. The summed E-state index contributed by atoms with van der Waals surface area (Å²) < 4.78 is 7.16. The number of carbonyl (C=O) groups is 1. The van der Waals surface area contributed by atoms with Gasteiger partial charge in [0, 0.05) is 23.7 Å². The van der Waals surface area contributed by atoms with Crippen LogP contribution in [0.4, 0.5) is 5.69 Å². The molecule has 1 amide bonds. The summed E-state index contributed by atoms with van der Waals surface area (Å²) in [6.07, 6.45) is 6.74. The molecule has 4 aromatic rings. The SMILES string of the molecule is O=C(CSCc1coc(-c2ccccc2)n1)Nc1ccc(-n2cccn2)nc1. The van der Waals surface area contributed by atoms with Gasteiger partial charge in [0.05, 0.1) is 23.3 Å². The molecule has 0 aliphatic rings. The lowest BCUT2D eigenvalue weighted by molar-refractivity contribution is -0.113. The van der Waals surface area contributed by atoms with Crippen molar-refractivity contribution in [1.82, 2.24) is 19.7 Å². The molecule has 3 heterocycles. The molecule has 28 heavy (non-hydrogen) atoms. The van der Waals surface area contributed by atoms with E-state index in [0.717, 1.165) is 11.3 Å². The highest BCUT2D eigenvalue weighted by atomic mass is 32.2. The van der Waals surface area contributed by atoms with Gasteiger partial charge >= 0.3 is 0 Å². The van der Waals surface area contributed by atoms with Crippen molar-refractivity contribution >= 4 is 23.4 Å². The standard InChI is InChI=1S/C20H17N5O2S/c26-19(23-16-7-8-18(21-11-16)25-10-4-9-22-25)14-28-13-17-12-27-20(24-17)15-5-2-1-3-6-15/h1-12H,13-14H2,(H,23,26). The van der Waals surface area contributed by atoms with Crippen LogP contribution >= 0.6 is 11.8 Å². The van der Waals surface area contributed by atoms with E-state index in [0.29, 0.717) is 28.9 Å². The summed E-state index contributed by atoms with van der Waals surface area (Å²) >= 11 is 1.47. The third-order valence-electron chi connectivity index (χ3n) is 3.83. The first kappa shape index (κ1) is 18.0. The number of hydrogen-bond acceptors (Lipinski definition) is 6. The zero-order valence-corrected chi connectivity index (χ0v) is 15.7. The second-order valence-electron chi connectivity index (χ2n) is 5.91. The van der Waals surface area contributed by atoms with E-state index >= 15 is 0 Å². The van der Waals surface area contributed by atoms with E-state index in [2.05, 4.69) is 20.4 Å². The average Bonchev–Trinajstić information content (AvgIpc) is 3.42. The van der Waals surface area contributed by atoms with E-state index in [-0.39, 0.29) is 5.91 Å². The molecule has 7 nitrogen and oxygen atoms in total. The molecule has 0 saturated heterocycles. The number of nitrogens with zero attached hydrogens (tertiary/aromatic N) is 4. The molecule has 1 N–H and O–H groups in total. The smallest absolute Gasteiger partial charge is 0.234 e. The summed E-state index contributed by atoms with van der Waals surface area (Å²) in [6, 6.07) is 15.1. The topological polar surface area (TPSA) is 85.8 Å². The first-order valence-corrected chi connectivity index (χ1v) is 9.77. The van der Waals surface area contributed by atoms with Gasteiger partial charge < -0.3 is 9.73 Å². The first-order valence-electron chi connectivity index (χ1n) is 8.61. The number of carbonyl (C=O) groups excluding carboxylic acids is 1. The quantitative estimate of drug-likeness (QED) is 0.516. The lowest BCUT2D eigenvalue weighted by atomic mass is 10.2. The van der Waals surface area contributed by atoms with Crippen LogP contribution in [0.15, 0.2) is 77.8 Å². The van der Waals surface area contributed by atoms with Crippen LogP contribution < -0.4 is 5.32 Å². The van der Waals surface area contributed by atoms with Crippen molar-refractivity contribution in [1.29, 1.82) is 0 Å². The predicted molar refractivity (Wildman–Crippen MR) is 108 cm³/mol. The Morgan fingerprint density at radius 2 is 2.04 bits per heavy atom. The van der Waals surface area contributed by atoms with Gasteiger partial charge in [-0.3, -0.25) is 4.79 Å². The molecule has 0 spiro atoms. The summed E-state index contributed by atoms with van der Waals surface area (Å²) in [5, 5.41) is 6.95. The maximum atomic E-state index is 12.1. The lowest BCUT2D eigenvalue weighted by Crippen LogP contribution is -2.14. The summed E-state index contributed by atoms with van der Waals surface area (Å²) in [5.74, 6) is 2.10. The largest absolute Gasteiger partial charge is 0.444 e. The minimum absolute atomic E-state index is 0.0922. The Hall–Kier alpha value is -3.39. The molecule has 0 aliphatic heterocycles. The summed E-state index contributed by atoms with van der Waals surface area (Å²) in [5.41, 5.74) is 2.39. The minimum atomic E-state index is -0.0922. The molecular weight excluding hydrogens is 374 g/mol. The van der Waals surface area contributed by atoms with Crippen molar-refractivity contribution in [2.24, 2.45) is 0 Å². The van der Waals surface area contributed by atoms with Crippen LogP contribution in [0, 0.1) is 0 Å². The molecule has 4 rings (SSSR count). The second-order valence-corrected chi connectivity index (χ2v) is 6.89. The Balaban J connectivity index is 1.25. The fourth-order valence-corrected chi connectivity index (χ4v) is 3.23. The zero-order valence-electron chi connectivity index (χ0n) is 14.9. The number of amides is 1. The lowest BCUT2D eigenvalue weighted by Gasteiger charge is -2.05. The highest BCUT2D eigenvalue weighted by Crippen LogP contribution is 2.20. The third-order valence-corrected chi connectivity index (χ3v) is 4.79. The van der Waals surface area contributed by atoms with Gasteiger partial charge in [-0.1, -0.05) is 18.2 Å². The van der Waals surface area contributed by atoms with E-state index in [9.17, 15) is 4.79 Å². The Labute approximate surface area is 165 Å². The van der Waals surface area contributed by atoms with Crippen LogP contribution in [0.1, 0.15) is 5.69 Å². The van der Waals surface area contributed by atoms with Crippen LogP contribution in [-0.4, -0.2) is 31.4 Å². The number of benzene rings is 1. The summed E-state index contributed by atoms with van der Waals surface area (Å²) in [7, 11) is 0. The van der Waals surface area contributed by atoms with Crippen LogP contribution in [-0.2, 0) is 10.5 Å². The van der Waals surface area contributed by atoms with Gasteiger partial charge in [-0.05, 0) is 30.3 Å². The monoisotopic (exact) mass is 391 g/mol. The van der Waals surface area contributed by atoms with Gasteiger partial charge in [-0.2, -0.15) is 5.10 Å². The second kappa shape index (κ2) is 8.53. The first-order chi connectivity index (χ1) is 13.8. The Bertz CT molecular complexity index is 1030. The summed E-state index contributed by atoms with van der Waals surface area (Å²) in [4.78, 5) is 20.9. The molecule has 0 atom stereocenters. The normalized spacial score (nSPS) is 10.7. The molecular formula is C20H17N5O2S. The van der Waals surface area contributed by atoms with Gasteiger partial charge in [-0.25, -0.2) is 14.6 Å². The van der Waals surface area contributed by atoms with Gasteiger partial charge in [0.1, 0.15) is 6.26 Å². The van der Waals surface area contributed by atoms with E-state index in [1.54, 1.807) is 35.5 Å². The molecule has 0 aliphatic carbocycles. The number of rotatable bonds is 7. The fraction of sp³-hybridized carbons (Fsp3) is 0.100. The Morgan fingerprint density at radius 3 is 2.79 bits per heavy atom. The molecule has 140 valence electrons. The number of hydrogen-bond donors (Lipinski definition) is 1. The fourth-order valence-electron chi connectivity index (χ4n) is 2.53. The van der Waals surface area contributed by atoms with Crippen molar-refractivity contribution < 1.29 is 9.21 Å². The van der Waals surface area contributed by atoms with E-state index in [1.165, 1.54) is 11.8 Å². The number of oxazole rings is 1.